The van der Waals surface area contributed by atoms with Crippen molar-refractivity contribution in [2.75, 3.05) is 13.7 Å². The third-order valence-electron chi connectivity index (χ3n) is 12.7. The Bertz CT molecular complexity index is 1640. The first-order valence-corrected chi connectivity index (χ1v) is 18.2. The van der Waals surface area contributed by atoms with E-state index >= 15 is 0 Å². The van der Waals surface area contributed by atoms with E-state index in [9.17, 15) is 24.0 Å². The second kappa shape index (κ2) is 14.5. The first kappa shape index (κ1) is 39.3. The molecule has 0 amide bonds. The molecule has 0 bridgehead atoms. The summed E-state index contributed by atoms with van der Waals surface area (Å²) in [6.07, 6.45) is 1.08. The Balaban J connectivity index is 1.85. The van der Waals surface area contributed by atoms with Gasteiger partial charge in [0, 0.05) is 60.3 Å². The fraction of sp³-hybridized carbons (Fsp3) is 0.675. The summed E-state index contributed by atoms with van der Waals surface area (Å²) >= 11 is 0. The van der Waals surface area contributed by atoms with E-state index in [0.29, 0.717) is 17.6 Å². The third-order valence-corrected chi connectivity index (χ3v) is 12.7. The Hall–Kier alpha value is -3.93. The van der Waals surface area contributed by atoms with Crippen molar-refractivity contribution in [3.63, 3.8) is 0 Å². The zero-order valence-electron chi connectivity index (χ0n) is 32.2. The molecular weight excluding hydrogens is 672 g/mol. The van der Waals surface area contributed by atoms with Crippen LogP contribution in [-0.4, -0.2) is 74.1 Å². The Morgan fingerprint density at radius 2 is 1.63 bits per heavy atom. The second-order valence-electron chi connectivity index (χ2n) is 16.0. The van der Waals surface area contributed by atoms with Crippen LogP contribution in [0.15, 0.2) is 45.8 Å². The first-order valence-electron chi connectivity index (χ1n) is 18.2. The SMILES string of the molecule is CC=C(C)C(=O)O[C@H]1C[C@@H](OC(C)=O)[C@@]2(C)CO[C@H]3C(OC(=O)C(C)C)[C@@](C)(C4=C(C)[C@H](c5ccoc5)C[C@@H]4OC(C)=O)[C@H](CC(=O)OC)[C@]1(C)[C@H]32. The van der Waals surface area contributed by atoms with Gasteiger partial charge in [0.1, 0.15) is 24.4 Å². The lowest BCUT2D eigenvalue weighted by molar-refractivity contribution is -0.261. The molecule has 11 atom stereocenters. The van der Waals surface area contributed by atoms with Gasteiger partial charge in [0.25, 0.3) is 0 Å². The van der Waals surface area contributed by atoms with Crippen molar-refractivity contribution < 1.29 is 56.8 Å². The lowest BCUT2D eigenvalue weighted by atomic mass is 9.39. The van der Waals surface area contributed by atoms with E-state index in [1.54, 1.807) is 46.3 Å². The highest BCUT2D eigenvalue weighted by Gasteiger charge is 2.77. The van der Waals surface area contributed by atoms with Crippen molar-refractivity contribution in [2.24, 2.45) is 34.0 Å². The van der Waals surface area contributed by atoms with E-state index in [4.69, 9.17) is 32.8 Å². The van der Waals surface area contributed by atoms with Crippen molar-refractivity contribution in [3.8, 4) is 0 Å². The molecule has 3 aliphatic carbocycles. The Morgan fingerprint density at radius 1 is 0.962 bits per heavy atom. The van der Waals surface area contributed by atoms with Crippen LogP contribution in [-0.2, 0) is 52.4 Å². The summed E-state index contributed by atoms with van der Waals surface area (Å²) in [6, 6.07) is 1.87. The number of hydrogen-bond donors (Lipinski definition) is 0. The van der Waals surface area contributed by atoms with Crippen LogP contribution >= 0.6 is 0 Å². The average molecular weight is 727 g/mol. The normalized spacial score (nSPS) is 37.0. The summed E-state index contributed by atoms with van der Waals surface area (Å²) in [5, 5.41) is 0. The number of carbonyl (C=O) groups is 5. The van der Waals surface area contributed by atoms with Gasteiger partial charge in [-0.05, 0) is 50.3 Å². The van der Waals surface area contributed by atoms with E-state index in [2.05, 4.69) is 0 Å². The van der Waals surface area contributed by atoms with Crippen LogP contribution < -0.4 is 0 Å². The summed E-state index contributed by atoms with van der Waals surface area (Å²) in [4.78, 5) is 66.5. The van der Waals surface area contributed by atoms with E-state index < -0.39 is 94.4 Å². The summed E-state index contributed by atoms with van der Waals surface area (Å²) in [5.41, 5.74) is -0.301. The van der Waals surface area contributed by atoms with Gasteiger partial charge in [-0.25, -0.2) is 4.79 Å². The molecule has 1 unspecified atom stereocenters. The monoisotopic (exact) mass is 726 g/mol. The maximum absolute atomic E-state index is 13.8. The van der Waals surface area contributed by atoms with Crippen LogP contribution in [0.25, 0.3) is 0 Å². The molecule has 12 nitrogen and oxygen atoms in total. The van der Waals surface area contributed by atoms with Crippen LogP contribution in [0.3, 0.4) is 0 Å². The number of rotatable bonds is 10. The highest BCUT2D eigenvalue weighted by atomic mass is 16.6. The van der Waals surface area contributed by atoms with Crippen molar-refractivity contribution in [1.29, 1.82) is 0 Å². The van der Waals surface area contributed by atoms with Crippen LogP contribution in [0.2, 0.25) is 0 Å². The standard InChI is InChI=1S/C40H54O12/c1-12-21(4)37(45)51-30-17-29(50-24(7)42)38(8)19-48-33-34(38)39(30,9)28(16-31(43)46-11)40(10,35(33)52-36(44)20(2)3)32-22(5)26(25-13-14-47-18-25)15-27(32)49-23(6)41/h12-14,18,20,26-30,33-35H,15-17,19H2,1-11H3/t26-,27+,28-,29-,30+,33-,34-,35?,38-,39+,40-/m1/s1. The highest BCUT2D eigenvalue weighted by molar-refractivity contribution is 5.87. The van der Waals surface area contributed by atoms with Gasteiger partial charge in [-0.15, -0.1) is 0 Å². The molecule has 3 fully saturated rings. The fourth-order valence-electron chi connectivity index (χ4n) is 10.3. The number of ether oxygens (including phenoxy) is 6. The molecule has 0 spiro atoms. The number of furan rings is 1. The van der Waals surface area contributed by atoms with Crippen molar-refractivity contribution >= 4 is 29.8 Å². The van der Waals surface area contributed by atoms with E-state index in [-0.39, 0.29) is 25.4 Å². The quantitative estimate of drug-likeness (QED) is 0.120. The third kappa shape index (κ3) is 6.38. The molecular formula is C40H54O12. The molecule has 1 aromatic rings. The summed E-state index contributed by atoms with van der Waals surface area (Å²) < 4.78 is 42.7. The van der Waals surface area contributed by atoms with Crippen molar-refractivity contribution in [1.82, 2.24) is 0 Å². The van der Waals surface area contributed by atoms with Gasteiger partial charge < -0.3 is 32.8 Å². The molecule has 286 valence electrons. The summed E-state index contributed by atoms with van der Waals surface area (Å²) in [5.74, 6) is -4.55. The largest absolute Gasteiger partial charge is 0.472 e. The van der Waals surface area contributed by atoms with E-state index in [1.807, 2.05) is 33.8 Å². The number of methoxy groups -OCH3 is 1. The van der Waals surface area contributed by atoms with Gasteiger partial charge in [0.2, 0.25) is 0 Å². The van der Waals surface area contributed by atoms with Gasteiger partial charge in [0.05, 0.1) is 38.3 Å². The van der Waals surface area contributed by atoms with Crippen LogP contribution in [0.5, 0.6) is 0 Å². The van der Waals surface area contributed by atoms with Crippen LogP contribution in [0.4, 0.5) is 0 Å². The van der Waals surface area contributed by atoms with Crippen molar-refractivity contribution in [3.05, 3.63) is 47.0 Å². The maximum Gasteiger partial charge on any atom is 0.333 e. The lowest BCUT2D eigenvalue weighted by Crippen LogP contribution is -2.72. The smallest absolute Gasteiger partial charge is 0.333 e. The fourth-order valence-corrected chi connectivity index (χ4v) is 10.3. The molecule has 4 aliphatic rings. The Morgan fingerprint density at radius 3 is 2.19 bits per heavy atom. The molecule has 5 rings (SSSR count). The van der Waals surface area contributed by atoms with E-state index in [0.717, 1.165) is 11.1 Å². The predicted molar refractivity (Wildman–Crippen MR) is 186 cm³/mol. The number of allylic oxidation sites excluding steroid dienone is 2. The molecule has 0 aromatic carbocycles. The van der Waals surface area contributed by atoms with Gasteiger partial charge in [0.15, 0.2) is 0 Å². The topological polar surface area (TPSA) is 154 Å². The molecule has 1 aliphatic heterocycles. The Labute approximate surface area is 305 Å². The lowest BCUT2D eigenvalue weighted by Gasteiger charge is -2.66. The molecule has 1 aromatic heterocycles. The maximum atomic E-state index is 13.8. The summed E-state index contributed by atoms with van der Waals surface area (Å²) in [7, 11) is 1.31. The minimum absolute atomic E-state index is 0.134. The first-order chi connectivity index (χ1) is 24.4. The summed E-state index contributed by atoms with van der Waals surface area (Å²) in [6.45, 7) is 17.6. The van der Waals surface area contributed by atoms with Crippen LogP contribution in [0.1, 0.15) is 100.0 Å². The molecule has 12 heteroatoms. The predicted octanol–water partition coefficient (Wildman–Crippen LogP) is 6.02. The average Bonchev–Trinajstić information content (AvgIpc) is 3.81. The van der Waals surface area contributed by atoms with Gasteiger partial charge >= 0.3 is 29.8 Å². The number of esters is 5. The van der Waals surface area contributed by atoms with Crippen LogP contribution in [0, 0.1) is 34.0 Å². The number of hydrogen-bond acceptors (Lipinski definition) is 12. The highest BCUT2D eigenvalue weighted by Crippen LogP contribution is 2.72. The molecule has 2 saturated carbocycles. The zero-order valence-corrected chi connectivity index (χ0v) is 32.2. The molecule has 1 saturated heterocycles. The minimum Gasteiger partial charge on any atom is -0.472 e. The van der Waals surface area contributed by atoms with Gasteiger partial charge in [-0.2, -0.15) is 0 Å². The van der Waals surface area contributed by atoms with E-state index in [1.165, 1.54) is 21.0 Å². The van der Waals surface area contributed by atoms with Gasteiger partial charge in [-0.3, -0.25) is 19.2 Å². The molecule has 0 radical (unpaired) electrons. The Kier molecular flexibility index (Phi) is 10.9. The molecule has 0 N–H and O–H groups in total. The van der Waals surface area contributed by atoms with Crippen molar-refractivity contribution in [2.45, 2.75) is 125 Å². The minimum atomic E-state index is -1.25. The van der Waals surface area contributed by atoms with Gasteiger partial charge in [-0.1, -0.05) is 46.3 Å². The molecule has 52 heavy (non-hydrogen) atoms. The second-order valence-corrected chi connectivity index (χ2v) is 16.0. The zero-order chi connectivity index (χ0) is 38.5. The molecule has 2 heterocycles. The number of carbonyl (C=O) groups excluding carboxylic acids is 5.